The van der Waals surface area contributed by atoms with Crippen molar-refractivity contribution < 1.29 is 0 Å². The molecule has 2 rings (SSSR count). The SMILES string of the molecule is CC(C)Cc1nc(Cc2cccnc2)sc1CNC(C)C. The second kappa shape index (κ2) is 7.66. The molecular weight excluding hydrogens is 278 g/mol. The molecule has 4 heteroatoms. The number of hydrogen-bond donors (Lipinski definition) is 1. The second-order valence-corrected chi connectivity index (χ2v) is 7.32. The minimum atomic E-state index is 0.501. The lowest BCUT2D eigenvalue weighted by Crippen LogP contribution is -2.22. The van der Waals surface area contributed by atoms with E-state index in [9.17, 15) is 0 Å². The number of hydrogen-bond acceptors (Lipinski definition) is 4. The van der Waals surface area contributed by atoms with Crippen LogP contribution in [0.5, 0.6) is 0 Å². The Labute approximate surface area is 131 Å². The van der Waals surface area contributed by atoms with Crippen LogP contribution in [0.4, 0.5) is 0 Å². The second-order valence-electron chi connectivity index (χ2n) is 6.15. The molecule has 1 N–H and O–H groups in total. The van der Waals surface area contributed by atoms with Gasteiger partial charge in [-0.25, -0.2) is 4.98 Å². The normalized spacial score (nSPS) is 11.5. The van der Waals surface area contributed by atoms with Crippen LogP contribution in [0.3, 0.4) is 0 Å². The molecule has 0 fully saturated rings. The molecule has 0 unspecified atom stereocenters. The Bertz CT molecular complexity index is 546. The number of aromatic nitrogens is 2. The van der Waals surface area contributed by atoms with Gasteiger partial charge in [-0.05, 0) is 24.0 Å². The molecule has 0 radical (unpaired) electrons. The highest BCUT2D eigenvalue weighted by molar-refractivity contribution is 7.11. The first-order valence-corrected chi connectivity index (χ1v) is 8.46. The number of rotatable bonds is 7. The maximum absolute atomic E-state index is 4.87. The van der Waals surface area contributed by atoms with Crippen molar-refractivity contribution in [1.82, 2.24) is 15.3 Å². The largest absolute Gasteiger partial charge is 0.310 e. The number of thiazole rings is 1. The van der Waals surface area contributed by atoms with E-state index in [0.717, 1.165) is 19.4 Å². The zero-order valence-corrected chi connectivity index (χ0v) is 14.2. The minimum absolute atomic E-state index is 0.501. The van der Waals surface area contributed by atoms with Crippen LogP contribution in [0, 0.1) is 5.92 Å². The lowest BCUT2D eigenvalue weighted by Gasteiger charge is -2.08. The van der Waals surface area contributed by atoms with E-state index in [1.807, 2.05) is 29.8 Å². The fraction of sp³-hybridized carbons (Fsp3) is 0.529. The highest BCUT2D eigenvalue weighted by Gasteiger charge is 2.13. The smallest absolute Gasteiger partial charge is 0.0976 e. The Morgan fingerprint density at radius 1 is 1.24 bits per heavy atom. The van der Waals surface area contributed by atoms with Gasteiger partial charge in [-0.1, -0.05) is 33.8 Å². The monoisotopic (exact) mass is 303 g/mol. The van der Waals surface area contributed by atoms with Gasteiger partial charge in [0.2, 0.25) is 0 Å². The minimum Gasteiger partial charge on any atom is -0.310 e. The summed E-state index contributed by atoms with van der Waals surface area (Å²) in [6.45, 7) is 9.78. The van der Waals surface area contributed by atoms with Crippen LogP contribution in [-0.4, -0.2) is 16.0 Å². The molecule has 0 aliphatic carbocycles. The Hall–Kier alpha value is -1.26. The van der Waals surface area contributed by atoms with Gasteiger partial charge in [0, 0.05) is 36.3 Å². The summed E-state index contributed by atoms with van der Waals surface area (Å²) >= 11 is 1.84. The lowest BCUT2D eigenvalue weighted by molar-refractivity contribution is 0.581. The fourth-order valence-electron chi connectivity index (χ4n) is 2.17. The first-order chi connectivity index (χ1) is 10.0. The van der Waals surface area contributed by atoms with Gasteiger partial charge < -0.3 is 5.32 Å². The molecule has 0 amide bonds. The summed E-state index contributed by atoms with van der Waals surface area (Å²) in [6.07, 6.45) is 5.67. The first kappa shape index (κ1) is 16.1. The number of pyridine rings is 1. The van der Waals surface area contributed by atoms with Crippen LogP contribution in [0.1, 0.15) is 48.8 Å². The molecule has 0 atom stereocenters. The first-order valence-electron chi connectivity index (χ1n) is 7.64. The van der Waals surface area contributed by atoms with E-state index in [1.54, 1.807) is 0 Å². The molecule has 0 saturated heterocycles. The summed E-state index contributed by atoms with van der Waals surface area (Å²) in [5, 5.41) is 4.70. The molecule has 0 aromatic carbocycles. The molecule has 21 heavy (non-hydrogen) atoms. The Morgan fingerprint density at radius 2 is 2.05 bits per heavy atom. The average Bonchev–Trinajstić information content (AvgIpc) is 2.78. The van der Waals surface area contributed by atoms with Gasteiger partial charge in [0.25, 0.3) is 0 Å². The molecule has 2 aromatic rings. The van der Waals surface area contributed by atoms with Gasteiger partial charge in [-0.15, -0.1) is 11.3 Å². The predicted octanol–water partition coefficient (Wildman–Crippen LogP) is 3.83. The topological polar surface area (TPSA) is 37.8 Å². The van der Waals surface area contributed by atoms with Crippen LogP contribution in [0.15, 0.2) is 24.5 Å². The third-order valence-corrected chi connectivity index (χ3v) is 4.27. The fourth-order valence-corrected chi connectivity index (χ4v) is 3.25. The van der Waals surface area contributed by atoms with Gasteiger partial charge >= 0.3 is 0 Å². The van der Waals surface area contributed by atoms with Crippen LogP contribution in [0.25, 0.3) is 0 Å². The van der Waals surface area contributed by atoms with E-state index in [2.05, 4.69) is 44.1 Å². The van der Waals surface area contributed by atoms with Crippen LogP contribution >= 0.6 is 11.3 Å². The average molecular weight is 303 g/mol. The van der Waals surface area contributed by atoms with E-state index in [-0.39, 0.29) is 0 Å². The van der Waals surface area contributed by atoms with E-state index in [4.69, 9.17) is 4.98 Å². The Morgan fingerprint density at radius 3 is 2.67 bits per heavy atom. The molecule has 3 nitrogen and oxygen atoms in total. The summed E-state index contributed by atoms with van der Waals surface area (Å²) in [5.74, 6) is 0.635. The Balaban J connectivity index is 2.14. The van der Waals surface area contributed by atoms with Crippen molar-refractivity contribution in [2.45, 2.75) is 53.1 Å². The van der Waals surface area contributed by atoms with Crippen molar-refractivity contribution in [2.24, 2.45) is 5.92 Å². The third kappa shape index (κ3) is 5.21. The van der Waals surface area contributed by atoms with Crippen molar-refractivity contribution in [1.29, 1.82) is 0 Å². The highest BCUT2D eigenvalue weighted by Crippen LogP contribution is 2.23. The zero-order chi connectivity index (χ0) is 15.2. The third-order valence-electron chi connectivity index (χ3n) is 3.17. The van der Waals surface area contributed by atoms with Gasteiger partial charge in [-0.2, -0.15) is 0 Å². The lowest BCUT2D eigenvalue weighted by atomic mass is 10.1. The van der Waals surface area contributed by atoms with Crippen molar-refractivity contribution in [3.63, 3.8) is 0 Å². The van der Waals surface area contributed by atoms with Gasteiger partial charge in [0.15, 0.2) is 0 Å². The number of nitrogens with one attached hydrogen (secondary N) is 1. The Kier molecular flexibility index (Phi) is 5.88. The standard InChI is InChI=1S/C17H25N3S/c1-12(2)8-15-16(11-19-13(3)4)21-17(20-15)9-14-6-5-7-18-10-14/h5-7,10,12-13,19H,8-9,11H2,1-4H3. The van der Waals surface area contributed by atoms with E-state index in [1.165, 1.54) is 21.1 Å². The van der Waals surface area contributed by atoms with Crippen molar-refractivity contribution in [3.8, 4) is 0 Å². The molecule has 0 bridgehead atoms. The van der Waals surface area contributed by atoms with Crippen molar-refractivity contribution in [2.75, 3.05) is 0 Å². The summed E-state index contributed by atoms with van der Waals surface area (Å²) in [6, 6.07) is 4.60. The molecule has 0 aliphatic heterocycles. The molecule has 0 aliphatic rings. The van der Waals surface area contributed by atoms with Crippen LogP contribution < -0.4 is 5.32 Å². The van der Waals surface area contributed by atoms with Crippen LogP contribution in [0.2, 0.25) is 0 Å². The number of nitrogens with zero attached hydrogens (tertiary/aromatic N) is 2. The summed E-state index contributed by atoms with van der Waals surface area (Å²) in [5.41, 5.74) is 2.49. The van der Waals surface area contributed by atoms with Crippen molar-refractivity contribution >= 4 is 11.3 Å². The molecule has 2 heterocycles. The van der Waals surface area contributed by atoms with Crippen LogP contribution in [-0.2, 0) is 19.4 Å². The highest BCUT2D eigenvalue weighted by atomic mass is 32.1. The quantitative estimate of drug-likeness (QED) is 0.845. The molecule has 0 saturated carbocycles. The molecule has 2 aromatic heterocycles. The molecule has 0 spiro atoms. The summed E-state index contributed by atoms with van der Waals surface area (Å²) < 4.78 is 0. The van der Waals surface area contributed by atoms with E-state index >= 15 is 0 Å². The maximum atomic E-state index is 4.87. The zero-order valence-electron chi connectivity index (χ0n) is 13.4. The van der Waals surface area contributed by atoms with Gasteiger partial charge in [0.05, 0.1) is 10.7 Å². The van der Waals surface area contributed by atoms with Gasteiger partial charge in [0.1, 0.15) is 0 Å². The van der Waals surface area contributed by atoms with Gasteiger partial charge in [-0.3, -0.25) is 4.98 Å². The summed E-state index contributed by atoms with van der Waals surface area (Å²) in [7, 11) is 0. The molecule has 114 valence electrons. The van der Waals surface area contributed by atoms with E-state index in [0.29, 0.717) is 12.0 Å². The van der Waals surface area contributed by atoms with E-state index < -0.39 is 0 Å². The molecular formula is C17H25N3S. The maximum Gasteiger partial charge on any atom is 0.0976 e. The van der Waals surface area contributed by atoms with Crippen molar-refractivity contribution in [3.05, 3.63) is 45.7 Å². The summed E-state index contributed by atoms with van der Waals surface area (Å²) in [4.78, 5) is 10.4. The predicted molar refractivity (Wildman–Crippen MR) is 89.7 cm³/mol.